The number of urea groups is 1. The average Bonchev–Trinajstić information content (AvgIpc) is 3.33. The minimum absolute atomic E-state index is 0.234. The summed E-state index contributed by atoms with van der Waals surface area (Å²) < 4.78 is 23.3. The number of alkyl halides is 1. The number of nitrogens with one attached hydrogen (secondary N) is 1. The molecule has 10 nitrogen and oxygen atoms in total. The van der Waals surface area contributed by atoms with Gasteiger partial charge in [0.05, 0.1) is 16.7 Å². The second-order valence-electron chi connectivity index (χ2n) is 9.10. The van der Waals surface area contributed by atoms with E-state index < -0.39 is 54.0 Å². The Morgan fingerprint density at radius 3 is 1.76 bits per heavy atom. The number of amides is 2. The van der Waals surface area contributed by atoms with Crippen LogP contribution in [-0.4, -0.2) is 65.5 Å². The third-order valence-electron chi connectivity index (χ3n) is 6.36. The summed E-state index contributed by atoms with van der Waals surface area (Å²) in [6, 6.07) is 24.1. The topological polar surface area (TPSA) is 120 Å². The van der Waals surface area contributed by atoms with E-state index in [0.717, 1.165) is 4.90 Å². The number of carbonyl (C=O) groups is 4. The molecule has 1 N–H and O–H groups in total. The molecule has 0 bridgehead atoms. The molecule has 0 saturated carbocycles. The molecule has 0 radical (unpaired) electrons. The van der Waals surface area contributed by atoms with Crippen LogP contribution in [0.1, 0.15) is 31.1 Å². The number of rotatable bonds is 8. The van der Waals surface area contributed by atoms with Gasteiger partial charge < -0.3 is 24.3 Å². The molecule has 1 unspecified atom stereocenters. The van der Waals surface area contributed by atoms with Gasteiger partial charge in [0.1, 0.15) is 18.2 Å². The van der Waals surface area contributed by atoms with Crippen LogP contribution in [0.5, 0.6) is 0 Å². The van der Waals surface area contributed by atoms with Crippen LogP contribution in [0, 0.1) is 0 Å². The first-order valence-corrected chi connectivity index (χ1v) is 13.2. The highest BCUT2D eigenvalue weighted by atomic mass is 35.5. The first-order chi connectivity index (χ1) is 19.9. The molecule has 11 heteroatoms. The van der Waals surface area contributed by atoms with Crippen molar-refractivity contribution in [1.29, 1.82) is 0 Å². The quantitative estimate of drug-likeness (QED) is 0.184. The number of hydrogen-bond donors (Lipinski definition) is 1. The summed E-state index contributed by atoms with van der Waals surface area (Å²) in [4.78, 5) is 53.0. The molecule has 3 aromatic carbocycles. The summed E-state index contributed by atoms with van der Waals surface area (Å²) in [5.41, 5.74) is 0.0146. The monoisotopic (exact) mass is 576 g/mol. The van der Waals surface area contributed by atoms with E-state index in [4.69, 9.17) is 30.5 Å². The first-order valence-electron chi connectivity index (χ1n) is 12.7. The Morgan fingerprint density at radius 1 is 0.756 bits per heavy atom. The zero-order valence-electron chi connectivity index (χ0n) is 21.5. The maximum absolute atomic E-state index is 13.2. The summed E-state index contributed by atoms with van der Waals surface area (Å²) in [5, 5.41) is 2.53. The summed E-state index contributed by atoms with van der Waals surface area (Å²) in [7, 11) is 0. The molecule has 0 aliphatic carbocycles. The van der Waals surface area contributed by atoms with Gasteiger partial charge in [-0.25, -0.2) is 19.2 Å². The van der Waals surface area contributed by atoms with Crippen molar-refractivity contribution in [2.24, 2.45) is 0 Å². The van der Waals surface area contributed by atoms with Gasteiger partial charge >= 0.3 is 23.9 Å². The van der Waals surface area contributed by atoms with Crippen molar-refractivity contribution in [3.05, 3.63) is 120 Å². The molecule has 2 heterocycles. The fraction of sp³-hybridized carbons (Fsp3) is 0.200. The van der Waals surface area contributed by atoms with Gasteiger partial charge in [-0.05, 0) is 42.5 Å². The van der Waals surface area contributed by atoms with Crippen LogP contribution in [0.2, 0.25) is 0 Å². The molecule has 210 valence electrons. The van der Waals surface area contributed by atoms with Gasteiger partial charge in [-0.2, -0.15) is 0 Å². The van der Waals surface area contributed by atoms with Crippen LogP contribution in [0.15, 0.2) is 103 Å². The molecule has 0 spiro atoms. The van der Waals surface area contributed by atoms with Crippen LogP contribution in [0.4, 0.5) is 4.79 Å². The van der Waals surface area contributed by atoms with Gasteiger partial charge in [0, 0.05) is 6.20 Å². The largest absolute Gasteiger partial charge is 0.459 e. The molecule has 5 rings (SSSR count). The highest BCUT2D eigenvalue weighted by Gasteiger charge is 2.53. The van der Waals surface area contributed by atoms with E-state index in [0.29, 0.717) is 5.56 Å². The Labute approximate surface area is 240 Å². The molecule has 3 aromatic rings. The summed E-state index contributed by atoms with van der Waals surface area (Å²) in [6.07, 6.45) is -2.05. The Hall–Kier alpha value is -4.67. The normalized spacial score (nSPS) is 23.4. The summed E-state index contributed by atoms with van der Waals surface area (Å²) >= 11 is 6.02. The minimum Gasteiger partial charge on any atom is -0.459 e. The molecule has 0 aromatic heterocycles. The van der Waals surface area contributed by atoms with Gasteiger partial charge in [-0.1, -0.05) is 66.2 Å². The molecular weight excluding hydrogens is 552 g/mol. The van der Waals surface area contributed by atoms with Crippen LogP contribution >= 0.6 is 11.6 Å². The standard InChI is InChI=1S/C30H25ClN2O8/c31-23-16-17-33(30(37)32-23)26-25(41-29(36)21-14-8-3-9-15-21)24(40-28(35)20-12-6-2-7-13-20)22(39-26)18-38-27(34)19-10-4-1-5-11-19/h1-17,22-26H,18H2,(H,32,37)/t22-,23?,24+,25+,26-/m1/s1. The minimum atomic E-state index is -1.31. The molecular formula is C30H25ClN2O8. The van der Waals surface area contributed by atoms with E-state index >= 15 is 0 Å². The van der Waals surface area contributed by atoms with E-state index in [-0.39, 0.29) is 17.7 Å². The van der Waals surface area contributed by atoms with E-state index in [1.165, 1.54) is 12.3 Å². The summed E-state index contributed by atoms with van der Waals surface area (Å²) in [6.45, 7) is -0.367. The number of esters is 3. The zero-order valence-corrected chi connectivity index (χ0v) is 22.3. The lowest BCUT2D eigenvalue weighted by Crippen LogP contribution is -2.53. The van der Waals surface area contributed by atoms with Crippen molar-refractivity contribution in [2.45, 2.75) is 30.0 Å². The van der Waals surface area contributed by atoms with Gasteiger partial charge in [0.2, 0.25) is 0 Å². The first kappa shape index (κ1) is 27.9. The van der Waals surface area contributed by atoms with E-state index in [9.17, 15) is 19.2 Å². The third kappa shape index (κ3) is 6.56. The number of ether oxygens (including phenoxy) is 4. The molecule has 41 heavy (non-hydrogen) atoms. The molecule has 2 amide bonds. The number of hydrogen-bond acceptors (Lipinski definition) is 8. The maximum Gasteiger partial charge on any atom is 0.338 e. The van der Waals surface area contributed by atoms with Crippen molar-refractivity contribution in [3.8, 4) is 0 Å². The lowest BCUT2D eigenvalue weighted by atomic mass is 10.1. The second-order valence-corrected chi connectivity index (χ2v) is 9.57. The molecule has 1 fully saturated rings. The van der Waals surface area contributed by atoms with Crippen molar-refractivity contribution < 1.29 is 38.1 Å². The molecule has 1 saturated heterocycles. The number of benzene rings is 3. The average molecular weight is 577 g/mol. The van der Waals surface area contributed by atoms with Crippen LogP contribution in [-0.2, 0) is 18.9 Å². The zero-order chi connectivity index (χ0) is 28.8. The predicted molar refractivity (Wildman–Crippen MR) is 146 cm³/mol. The molecule has 2 aliphatic rings. The van der Waals surface area contributed by atoms with Gasteiger partial charge in [-0.3, -0.25) is 4.90 Å². The second kappa shape index (κ2) is 12.7. The fourth-order valence-corrected chi connectivity index (χ4v) is 4.52. The smallest absolute Gasteiger partial charge is 0.338 e. The third-order valence-corrected chi connectivity index (χ3v) is 6.62. The highest BCUT2D eigenvalue weighted by Crippen LogP contribution is 2.32. The fourth-order valence-electron chi connectivity index (χ4n) is 4.36. The van der Waals surface area contributed by atoms with Gasteiger partial charge in [-0.15, -0.1) is 0 Å². The Balaban J connectivity index is 1.46. The van der Waals surface area contributed by atoms with Crippen LogP contribution in [0.3, 0.4) is 0 Å². The molecule has 2 aliphatic heterocycles. The highest BCUT2D eigenvalue weighted by molar-refractivity contribution is 6.22. The van der Waals surface area contributed by atoms with Gasteiger partial charge in [0.15, 0.2) is 18.4 Å². The van der Waals surface area contributed by atoms with Crippen LogP contribution in [0.25, 0.3) is 0 Å². The number of nitrogens with zero attached hydrogens (tertiary/aromatic N) is 1. The number of carbonyl (C=O) groups excluding carboxylic acids is 4. The number of halogens is 1. The predicted octanol–water partition coefficient (Wildman–Crippen LogP) is 4.12. The van der Waals surface area contributed by atoms with Crippen molar-refractivity contribution in [2.75, 3.05) is 6.61 Å². The Kier molecular flexibility index (Phi) is 8.61. The Bertz CT molecular complexity index is 1420. The SMILES string of the molecule is O=C(OC[C@H]1O[C@@H](N2C=CC(Cl)NC2=O)[C@@H](OC(=O)c2ccccc2)[C@H]1OC(=O)c1ccccc1)c1ccccc1. The van der Waals surface area contributed by atoms with Crippen molar-refractivity contribution in [3.63, 3.8) is 0 Å². The van der Waals surface area contributed by atoms with Crippen LogP contribution < -0.4 is 5.32 Å². The van der Waals surface area contributed by atoms with E-state index in [1.54, 1.807) is 91.0 Å². The molecule has 5 atom stereocenters. The van der Waals surface area contributed by atoms with Gasteiger partial charge in [0.25, 0.3) is 0 Å². The van der Waals surface area contributed by atoms with Crippen molar-refractivity contribution in [1.82, 2.24) is 10.2 Å². The Morgan fingerprint density at radius 2 is 1.24 bits per heavy atom. The maximum atomic E-state index is 13.2. The van der Waals surface area contributed by atoms with E-state index in [1.807, 2.05) is 0 Å². The van der Waals surface area contributed by atoms with E-state index in [2.05, 4.69) is 5.32 Å². The lowest BCUT2D eigenvalue weighted by molar-refractivity contribution is -0.0732. The van der Waals surface area contributed by atoms with Crippen molar-refractivity contribution >= 4 is 35.5 Å². The lowest BCUT2D eigenvalue weighted by Gasteiger charge is -2.32. The summed E-state index contributed by atoms with van der Waals surface area (Å²) in [5.74, 6) is -2.09.